The van der Waals surface area contributed by atoms with E-state index in [4.69, 9.17) is 0 Å². The van der Waals surface area contributed by atoms with Gasteiger partial charge in [-0.25, -0.2) is 9.97 Å². The fraction of sp³-hybridized carbons (Fsp3) is 0.167. The Morgan fingerprint density at radius 1 is 1.26 bits per heavy atom. The molecule has 27 heavy (non-hydrogen) atoms. The smallest absolute Gasteiger partial charge is 0.271 e. The fourth-order valence-corrected chi connectivity index (χ4v) is 4.34. The van der Waals surface area contributed by atoms with Gasteiger partial charge in [-0.2, -0.15) is 0 Å². The highest BCUT2D eigenvalue weighted by atomic mass is 32.1. The highest BCUT2D eigenvalue weighted by molar-refractivity contribution is 7.19. The van der Waals surface area contributed by atoms with Gasteiger partial charge in [0.1, 0.15) is 4.88 Å². The van der Waals surface area contributed by atoms with Crippen molar-refractivity contribution in [3.8, 4) is 22.0 Å². The number of anilines is 1. The van der Waals surface area contributed by atoms with Gasteiger partial charge in [-0.05, 0) is 18.0 Å². The third-order valence-corrected chi connectivity index (χ3v) is 5.75. The van der Waals surface area contributed by atoms with Crippen LogP contribution >= 0.6 is 22.9 Å². The van der Waals surface area contributed by atoms with Crippen LogP contribution in [-0.2, 0) is 13.5 Å². The minimum absolute atomic E-state index is 0.235. The Balaban J connectivity index is 1.74. The van der Waals surface area contributed by atoms with Crippen LogP contribution in [-0.4, -0.2) is 30.0 Å². The van der Waals surface area contributed by atoms with E-state index < -0.39 is 0 Å². The number of nitrogens with one attached hydrogen (secondary N) is 1. The summed E-state index contributed by atoms with van der Waals surface area (Å²) < 4.78 is 5.82. The molecular weight excluding hydrogens is 380 g/mol. The van der Waals surface area contributed by atoms with Crippen LogP contribution in [0.4, 0.5) is 5.13 Å². The average molecular weight is 397 g/mol. The van der Waals surface area contributed by atoms with E-state index in [-0.39, 0.29) is 5.91 Å². The Bertz CT molecular complexity index is 1080. The van der Waals surface area contributed by atoms with E-state index in [1.807, 2.05) is 55.1 Å². The van der Waals surface area contributed by atoms with E-state index in [1.165, 1.54) is 11.3 Å². The lowest BCUT2D eigenvalue weighted by Gasteiger charge is -2.02. The monoisotopic (exact) mass is 396 g/mol. The number of thiazole rings is 1. The predicted octanol–water partition coefficient (Wildman–Crippen LogP) is 3.88. The molecule has 4 rings (SSSR count). The molecule has 1 N–H and O–H groups in total. The second-order valence-electron chi connectivity index (χ2n) is 5.78. The van der Waals surface area contributed by atoms with Gasteiger partial charge >= 0.3 is 0 Å². The van der Waals surface area contributed by atoms with Gasteiger partial charge in [0.2, 0.25) is 0 Å². The molecule has 0 saturated heterocycles. The molecule has 0 spiro atoms. The first kappa shape index (κ1) is 17.5. The number of aryl methyl sites for hydroxylation is 2. The number of carbonyl (C=O) groups is 1. The Morgan fingerprint density at radius 2 is 2.07 bits per heavy atom. The molecule has 0 fully saturated rings. The molecule has 3 aromatic heterocycles. The van der Waals surface area contributed by atoms with E-state index >= 15 is 0 Å². The maximum Gasteiger partial charge on any atom is 0.271 e. The number of amides is 1. The van der Waals surface area contributed by atoms with Crippen LogP contribution in [0.1, 0.15) is 22.3 Å². The van der Waals surface area contributed by atoms with Crippen molar-refractivity contribution in [1.82, 2.24) is 24.1 Å². The van der Waals surface area contributed by atoms with Crippen LogP contribution in [0, 0.1) is 0 Å². The molecule has 0 aliphatic carbocycles. The second kappa shape index (κ2) is 7.37. The zero-order chi connectivity index (χ0) is 18.8. The molecule has 0 radical (unpaired) electrons. The van der Waals surface area contributed by atoms with Gasteiger partial charge in [0.05, 0.1) is 16.3 Å². The summed E-state index contributed by atoms with van der Waals surface area (Å²) in [7, 11) is 1.94. The minimum atomic E-state index is -0.235. The average Bonchev–Trinajstić information content (AvgIpc) is 3.41. The van der Waals surface area contributed by atoms with Crippen molar-refractivity contribution in [1.29, 1.82) is 0 Å². The summed E-state index contributed by atoms with van der Waals surface area (Å²) in [5.74, 6) is 0.571. The van der Waals surface area contributed by atoms with Crippen LogP contribution in [0.5, 0.6) is 0 Å². The number of benzene rings is 1. The van der Waals surface area contributed by atoms with Gasteiger partial charge in [0.25, 0.3) is 5.91 Å². The van der Waals surface area contributed by atoms with Crippen LogP contribution < -0.4 is 5.32 Å². The Hall–Kier alpha value is -2.91. The highest BCUT2D eigenvalue weighted by Crippen LogP contribution is 2.38. The van der Waals surface area contributed by atoms with Gasteiger partial charge in [0.15, 0.2) is 11.0 Å². The number of nitrogens with zero attached hydrogens (tertiary/aromatic N) is 5. The summed E-state index contributed by atoms with van der Waals surface area (Å²) in [6.45, 7) is 1.95. The molecule has 1 amide bonds. The number of hydrogen-bond acceptors (Lipinski definition) is 7. The van der Waals surface area contributed by atoms with Crippen molar-refractivity contribution in [2.75, 3.05) is 5.32 Å². The van der Waals surface area contributed by atoms with E-state index in [0.29, 0.717) is 22.1 Å². The molecule has 0 bridgehead atoms. The molecule has 7 nitrogen and oxygen atoms in total. The number of imidazole rings is 1. The van der Waals surface area contributed by atoms with E-state index in [2.05, 4.69) is 24.9 Å². The van der Waals surface area contributed by atoms with Crippen molar-refractivity contribution in [3.63, 3.8) is 0 Å². The third kappa shape index (κ3) is 3.38. The van der Waals surface area contributed by atoms with E-state index in [1.54, 1.807) is 6.20 Å². The Kier molecular flexibility index (Phi) is 4.78. The minimum Gasteiger partial charge on any atom is -0.333 e. The Labute approximate surface area is 163 Å². The normalized spacial score (nSPS) is 10.9. The first-order valence-electron chi connectivity index (χ1n) is 8.34. The lowest BCUT2D eigenvalue weighted by molar-refractivity contribution is 0.102. The van der Waals surface area contributed by atoms with Crippen LogP contribution in [0.15, 0.2) is 42.7 Å². The molecule has 9 heteroatoms. The first-order chi connectivity index (χ1) is 13.2. The molecule has 136 valence electrons. The molecule has 4 aromatic rings. The number of hydrogen-bond donors (Lipinski definition) is 1. The zero-order valence-electron chi connectivity index (χ0n) is 14.7. The fourth-order valence-electron chi connectivity index (χ4n) is 2.67. The molecule has 0 aliphatic heterocycles. The maximum atomic E-state index is 12.6. The Morgan fingerprint density at radius 3 is 2.78 bits per heavy atom. The lowest BCUT2D eigenvalue weighted by atomic mass is 10.1. The van der Waals surface area contributed by atoms with Crippen LogP contribution in [0.25, 0.3) is 22.0 Å². The topological polar surface area (TPSA) is 85.6 Å². The standard InChI is InChI=1S/C18H16N6OS2/c1-3-12-14(27-23-22-12)17(25)21-18-20-13(11-7-5-4-6-8-11)15(26-18)16-19-9-10-24(16)2/h4-10H,3H2,1-2H3,(H,20,21,25). The molecule has 0 atom stereocenters. The third-order valence-electron chi connectivity index (χ3n) is 4.02. The number of rotatable bonds is 5. The van der Waals surface area contributed by atoms with E-state index in [0.717, 1.165) is 33.5 Å². The second-order valence-corrected chi connectivity index (χ2v) is 7.53. The van der Waals surface area contributed by atoms with E-state index in [9.17, 15) is 4.79 Å². The van der Waals surface area contributed by atoms with Crippen molar-refractivity contribution in [3.05, 3.63) is 53.3 Å². The summed E-state index contributed by atoms with van der Waals surface area (Å²) >= 11 is 2.50. The zero-order valence-corrected chi connectivity index (χ0v) is 16.3. The number of aromatic nitrogens is 5. The lowest BCUT2D eigenvalue weighted by Crippen LogP contribution is -2.12. The quantitative estimate of drug-likeness (QED) is 0.553. The van der Waals surface area contributed by atoms with Gasteiger partial charge in [0, 0.05) is 25.0 Å². The highest BCUT2D eigenvalue weighted by Gasteiger charge is 2.21. The summed E-state index contributed by atoms with van der Waals surface area (Å²) in [4.78, 5) is 23.2. The predicted molar refractivity (Wildman–Crippen MR) is 107 cm³/mol. The molecule has 0 saturated carbocycles. The number of carbonyl (C=O) groups excluding carboxylic acids is 1. The van der Waals surface area contributed by atoms with Crippen molar-refractivity contribution < 1.29 is 4.79 Å². The largest absolute Gasteiger partial charge is 0.333 e. The van der Waals surface area contributed by atoms with Gasteiger partial charge < -0.3 is 4.57 Å². The molecule has 0 aliphatic rings. The van der Waals surface area contributed by atoms with Crippen molar-refractivity contribution >= 4 is 33.9 Å². The SMILES string of the molecule is CCc1nnsc1C(=O)Nc1nc(-c2ccccc2)c(-c2nccn2C)s1. The molecule has 3 heterocycles. The van der Waals surface area contributed by atoms with Gasteiger partial charge in [-0.15, -0.1) is 5.10 Å². The van der Waals surface area contributed by atoms with Gasteiger partial charge in [-0.1, -0.05) is 53.1 Å². The summed E-state index contributed by atoms with van der Waals surface area (Å²) in [6.07, 6.45) is 4.29. The van der Waals surface area contributed by atoms with Crippen LogP contribution in [0.2, 0.25) is 0 Å². The van der Waals surface area contributed by atoms with Gasteiger partial charge in [-0.3, -0.25) is 10.1 Å². The summed E-state index contributed by atoms with van der Waals surface area (Å²) in [6, 6.07) is 9.88. The maximum absolute atomic E-state index is 12.6. The molecular formula is C18H16N6OS2. The van der Waals surface area contributed by atoms with Crippen LogP contribution in [0.3, 0.4) is 0 Å². The van der Waals surface area contributed by atoms with Crippen molar-refractivity contribution in [2.24, 2.45) is 7.05 Å². The molecule has 1 aromatic carbocycles. The summed E-state index contributed by atoms with van der Waals surface area (Å²) in [5.41, 5.74) is 2.46. The summed E-state index contributed by atoms with van der Waals surface area (Å²) in [5, 5.41) is 7.41. The molecule has 0 unspecified atom stereocenters. The van der Waals surface area contributed by atoms with Crippen molar-refractivity contribution in [2.45, 2.75) is 13.3 Å². The first-order valence-corrected chi connectivity index (χ1v) is 9.93.